The molecule has 1 heterocycles. The van der Waals surface area contributed by atoms with Crippen molar-refractivity contribution in [1.82, 2.24) is 9.55 Å². The first-order valence-electron chi connectivity index (χ1n) is 5.49. The van der Waals surface area contributed by atoms with E-state index in [4.69, 9.17) is 5.73 Å². The van der Waals surface area contributed by atoms with Crippen LogP contribution in [-0.2, 0) is 0 Å². The second kappa shape index (κ2) is 3.30. The number of anilines is 1. The molecule has 0 saturated heterocycles. The SMILES string of the molecule is CCC(C)c1nc(C)n(C2CC2)c1N. The molecule has 0 aliphatic heterocycles. The van der Waals surface area contributed by atoms with Gasteiger partial charge in [0.1, 0.15) is 11.6 Å². The molecular formula is C11H19N3. The lowest BCUT2D eigenvalue weighted by Crippen LogP contribution is -2.04. The molecule has 1 aromatic rings. The minimum absolute atomic E-state index is 0.480. The number of hydrogen-bond acceptors (Lipinski definition) is 2. The molecule has 14 heavy (non-hydrogen) atoms. The molecule has 1 fully saturated rings. The normalized spacial score (nSPS) is 18.5. The molecule has 78 valence electrons. The van der Waals surface area contributed by atoms with Crippen LogP contribution in [0.4, 0.5) is 5.82 Å². The predicted octanol–water partition coefficient (Wildman–Crippen LogP) is 2.62. The maximum Gasteiger partial charge on any atom is 0.127 e. The van der Waals surface area contributed by atoms with E-state index in [0.29, 0.717) is 12.0 Å². The second-order valence-corrected chi connectivity index (χ2v) is 4.34. The highest BCUT2D eigenvalue weighted by molar-refractivity contribution is 5.41. The van der Waals surface area contributed by atoms with Crippen LogP contribution >= 0.6 is 0 Å². The second-order valence-electron chi connectivity index (χ2n) is 4.34. The van der Waals surface area contributed by atoms with E-state index >= 15 is 0 Å². The average molecular weight is 193 g/mol. The van der Waals surface area contributed by atoms with Gasteiger partial charge in [0.15, 0.2) is 0 Å². The monoisotopic (exact) mass is 193 g/mol. The Labute approximate surface area is 85.3 Å². The summed E-state index contributed by atoms with van der Waals surface area (Å²) in [6.07, 6.45) is 3.63. The van der Waals surface area contributed by atoms with Crippen LogP contribution < -0.4 is 5.73 Å². The Hall–Kier alpha value is -0.990. The van der Waals surface area contributed by atoms with Crippen molar-refractivity contribution in [3.8, 4) is 0 Å². The summed E-state index contributed by atoms with van der Waals surface area (Å²) >= 11 is 0. The van der Waals surface area contributed by atoms with Crippen molar-refractivity contribution in [2.45, 2.75) is 52.0 Å². The van der Waals surface area contributed by atoms with Crippen LogP contribution in [0.2, 0.25) is 0 Å². The van der Waals surface area contributed by atoms with Gasteiger partial charge in [-0.2, -0.15) is 0 Å². The van der Waals surface area contributed by atoms with Gasteiger partial charge in [-0.15, -0.1) is 0 Å². The van der Waals surface area contributed by atoms with Gasteiger partial charge in [0, 0.05) is 12.0 Å². The van der Waals surface area contributed by atoms with Crippen molar-refractivity contribution < 1.29 is 0 Å². The number of aryl methyl sites for hydroxylation is 1. The van der Waals surface area contributed by atoms with Gasteiger partial charge in [0.05, 0.1) is 5.69 Å². The third-order valence-corrected chi connectivity index (χ3v) is 3.14. The highest BCUT2D eigenvalue weighted by Crippen LogP contribution is 2.40. The molecular weight excluding hydrogens is 174 g/mol. The first kappa shape index (κ1) is 9.56. The molecule has 1 aliphatic rings. The fourth-order valence-corrected chi connectivity index (χ4v) is 1.93. The van der Waals surface area contributed by atoms with Crippen LogP contribution in [0.5, 0.6) is 0 Å². The molecule has 0 amide bonds. The minimum atomic E-state index is 0.480. The van der Waals surface area contributed by atoms with Crippen LogP contribution in [0.1, 0.15) is 56.6 Å². The zero-order valence-electron chi connectivity index (χ0n) is 9.25. The number of imidazole rings is 1. The van der Waals surface area contributed by atoms with Crippen molar-refractivity contribution in [3.63, 3.8) is 0 Å². The summed E-state index contributed by atoms with van der Waals surface area (Å²) in [4.78, 5) is 4.58. The lowest BCUT2D eigenvalue weighted by molar-refractivity contribution is 0.711. The van der Waals surface area contributed by atoms with Crippen LogP contribution in [0.15, 0.2) is 0 Å². The molecule has 0 spiro atoms. The molecule has 1 aromatic heterocycles. The Bertz CT molecular complexity index is 337. The van der Waals surface area contributed by atoms with Gasteiger partial charge < -0.3 is 10.3 Å². The Morgan fingerprint density at radius 3 is 2.71 bits per heavy atom. The van der Waals surface area contributed by atoms with Crippen LogP contribution in [0.3, 0.4) is 0 Å². The molecule has 1 aliphatic carbocycles. The van der Waals surface area contributed by atoms with Crippen molar-refractivity contribution in [2.24, 2.45) is 0 Å². The third-order valence-electron chi connectivity index (χ3n) is 3.14. The van der Waals surface area contributed by atoms with Gasteiger partial charge in [-0.1, -0.05) is 13.8 Å². The summed E-state index contributed by atoms with van der Waals surface area (Å²) < 4.78 is 2.21. The fraction of sp³-hybridized carbons (Fsp3) is 0.727. The van der Waals surface area contributed by atoms with Crippen molar-refractivity contribution in [1.29, 1.82) is 0 Å². The van der Waals surface area contributed by atoms with Gasteiger partial charge >= 0.3 is 0 Å². The molecule has 1 saturated carbocycles. The maximum absolute atomic E-state index is 6.12. The first-order chi connectivity index (χ1) is 6.65. The molecule has 1 atom stereocenters. The quantitative estimate of drug-likeness (QED) is 0.802. The van der Waals surface area contributed by atoms with E-state index in [1.807, 2.05) is 0 Å². The summed E-state index contributed by atoms with van der Waals surface area (Å²) in [5, 5.41) is 0. The van der Waals surface area contributed by atoms with Crippen molar-refractivity contribution in [2.75, 3.05) is 5.73 Å². The number of nitrogens with zero attached hydrogens (tertiary/aromatic N) is 2. The molecule has 3 heteroatoms. The van der Waals surface area contributed by atoms with Gasteiger partial charge in [-0.25, -0.2) is 4.98 Å². The van der Waals surface area contributed by atoms with Crippen molar-refractivity contribution in [3.05, 3.63) is 11.5 Å². The molecule has 2 rings (SSSR count). The fourth-order valence-electron chi connectivity index (χ4n) is 1.93. The van der Waals surface area contributed by atoms with Gasteiger partial charge in [0.2, 0.25) is 0 Å². The predicted molar refractivity (Wildman–Crippen MR) is 58.4 cm³/mol. The molecule has 0 aromatic carbocycles. The van der Waals surface area contributed by atoms with Crippen molar-refractivity contribution >= 4 is 5.82 Å². The zero-order chi connectivity index (χ0) is 10.3. The highest BCUT2D eigenvalue weighted by Gasteiger charge is 2.29. The number of nitrogens with two attached hydrogens (primary N) is 1. The summed E-state index contributed by atoms with van der Waals surface area (Å²) in [6, 6.07) is 0.639. The topological polar surface area (TPSA) is 43.8 Å². The summed E-state index contributed by atoms with van der Waals surface area (Å²) in [5.74, 6) is 2.47. The zero-order valence-corrected chi connectivity index (χ0v) is 9.25. The molecule has 2 N–H and O–H groups in total. The Balaban J connectivity index is 2.38. The average Bonchev–Trinajstić information content (AvgIpc) is 2.93. The molecule has 0 radical (unpaired) electrons. The number of hydrogen-bond donors (Lipinski definition) is 1. The van der Waals surface area contributed by atoms with Gasteiger partial charge in [-0.05, 0) is 26.2 Å². The van der Waals surface area contributed by atoms with E-state index in [1.54, 1.807) is 0 Å². The Kier molecular flexibility index (Phi) is 2.25. The Morgan fingerprint density at radius 2 is 2.21 bits per heavy atom. The first-order valence-corrected chi connectivity index (χ1v) is 5.49. The van der Waals surface area contributed by atoms with E-state index in [9.17, 15) is 0 Å². The van der Waals surface area contributed by atoms with Crippen LogP contribution in [0, 0.1) is 6.92 Å². The summed E-state index contributed by atoms with van der Waals surface area (Å²) in [5.41, 5.74) is 7.22. The van der Waals surface area contributed by atoms with E-state index < -0.39 is 0 Å². The molecule has 0 bridgehead atoms. The minimum Gasteiger partial charge on any atom is -0.384 e. The highest BCUT2D eigenvalue weighted by atomic mass is 15.2. The van der Waals surface area contributed by atoms with Gasteiger partial charge in [0.25, 0.3) is 0 Å². The van der Waals surface area contributed by atoms with Crippen LogP contribution in [0.25, 0.3) is 0 Å². The number of aromatic nitrogens is 2. The molecule has 3 nitrogen and oxygen atoms in total. The van der Waals surface area contributed by atoms with E-state index in [2.05, 4.69) is 30.3 Å². The smallest absolute Gasteiger partial charge is 0.127 e. The number of rotatable bonds is 3. The largest absolute Gasteiger partial charge is 0.384 e. The number of nitrogen functional groups attached to an aromatic ring is 1. The summed E-state index contributed by atoms with van der Waals surface area (Å²) in [6.45, 7) is 6.42. The van der Waals surface area contributed by atoms with Crippen LogP contribution in [-0.4, -0.2) is 9.55 Å². The van der Waals surface area contributed by atoms with E-state index in [1.165, 1.54) is 12.8 Å². The Morgan fingerprint density at radius 1 is 1.57 bits per heavy atom. The lowest BCUT2D eigenvalue weighted by atomic mass is 10.1. The standard InChI is InChI=1S/C11H19N3/c1-4-7(2)10-11(12)14(8(3)13-10)9-5-6-9/h7,9H,4-6,12H2,1-3H3. The third kappa shape index (κ3) is 1.41. The summed E-state index contributed by atoms with van der Waals surface area (Å²) in [7, 11) is 0. The maximum atomic E-state index is 6.12. The molecule has 1 unspecified atom stereocenters. The van der Waals surface area contributed by atoms with E-state index in [-0.39, 0.29) is 0 Å². The lowest BCUT2D eigenvalue weighted by Gasteiger charge is -2.08. The van der Waals surface area contributed by atoms with Gasteiger partial charge in [-0.3, -0.25) is 0 Å². The van der Waals surface area contributed by atoms with E-state index in [0.717, 1.165) is 23.8 Å².